The summed E-state index contributed by atoms with van der Waals surface area (Å²) in [7, 11) is 0. The number of primary amides is 1. The molecule has 14 heavy (non-hydrogen) atoms. The van der Waals surface area contributed by atoms with Gasteiger partial charge in [0.2, 0.25) is 5.91 Å². The van der Waals surface area contributed by atoms with E-state index in [2.05, 4.69) is 5.92 Å². The zero-order valence-electron chi connectivity index (χ0n) is 7.94. The highest BCUT2D eigenvalue weighted by atomic mass is 16.1. The highest BCUT2D eigenvalue weighted by molar-refractivity contribution is 5.77. The maximum absolute atomic E-state index is 11.0. The van der Waals surface area contributed by atoms with Crippen LogP contribution in [-0.2, 0) is 11.2 Å². The van der Waals surface area contributed by atoms with Crippen LogP contribution >= 0.6 is 0 Å². The maximum atomic E-state index is 11.0. The van der Waals surface area contributed by atoms with E-state index in [0.29, 0.717) is 12.8 Å². The molecule has 0 aromatic heterocycles. The molecule has 0 aliphatic heterocycles. The zero-order chi connectivity index (χ0) is 10.4. The van der Waals surface area contributed by atoms with E-state index < -0.39 is 0 Å². The summed E-state index contributed by atoms with van der Waals surface area (Å²) in [4.78, 5) is 11.0. The van der Waals surface area contributed by atoms with Crippen LogP contribution in [0.2, 0.25) is 0 Å². The Morgan fingerprint density at radius 3 is 2.57 bits per heavy atom. The van der Waals surface area contributed by atoms with Gasteiger partial charge in [0, 0.05) is 6.42 Å². The van der Waals surface area contributed by atoms with Crippen LogP contribution in [0, 0.1) is 18.3 Å². The smallest absolute Gasteiger partial charge is 0.221 e. The predicted octanol–water partition coefficient (Wildman–Crippen LogP) is 1.35. The van der Waals surface area contributed by atoms with Gasteiger partial charge in [-0.15, -0.1) is 12.3 Å². The fourth-order valence-corrected chi connectivity index (χ4v) is 1.31. The van der Waals surface area contributed by atoms with Crippen molar-refractivity contribution in [3.63, 3.8) is 0 Å². The van der Waals surface area contributed by atoms with Crippen molar-refractivity contribution >= 4 is 5.91 Å². The molecule has 0 bridgehead atoms. The summed E-state index contributed by atoms with van der Waals surface area (Å²) in [6, 6.07) is 9.73. The molecule has 0 aliphatic carbocycles. The largest absolute Gasteiger partial charge is 0.369 e. The summed E-state index contributed by atoms with van der Waals surface area (Å²) in [5, 5.41) is 0. The average molecular weight is 187 g/mol. The van der Waals surface area contributed by atoms with Gasteiger partial charge in [-0.1, -0.05) is 30.3 Å². The van der Waals surface area contributed by atoms with E-state index in [1.165, 1.54) is 0 Å². The molecule has 2 heteroatoms. The van der Waals surface area contributed by atoms with Gasteiger partial charge in [0.15, 0.2) is 0 Å². The molecule has 0 spiro atoms. The van der Waals surface area contributed by atoms with Gasteiger partial charge in [-0.25, -0.2) is 0 Å². The van der Waals surface area contributed by atoms with Crippen LogP contribution in [0.5, 0.6) is 0 Å². The van der Waals surface area contributed by atoms with Crippen LogP contribution in [0.1, 0.15) is 12.0 Å². The fraction of sp³-hybridized carbons (Fsp3) is 0.250. The normalized spacial score (nSPS) is 11.6. The zero-order valence-corrected chi connectivity index (χ0v) is 7.94. The molecule has 0 saturated carbocycles. The molecule has 1 rings (SSSR count). The SMILES string of the molecule is C#CCC(Cc1ccccc1)C(N)=O. The lowest BCUT2D eigenvalue weighted by Crippen LogP contribution is -2.24. The molecule has 1 amide bonds. The predicted molar refractivity (Wildman–Crippen MR) is 56.3 cm³/mol. The van der Waals surface area contributed by atoms with Gasteiger partial charge in [0.05, 0.1) is 5.92 Å². The van der Waals surface area contributed by atoms with Crippen molar-refractivity contribution < 1.29 is 4.79 Å². The maximum Gasteiger partial charge on any atom is 0.221 e. The fourth-order valence-electron chi connectivity index (χ4n) is 1.31. The number of hydrogen-bond acceptors (Lipinski definition) is 1. The molecule has 72 valence electrons. The minimum absolute atomic E-state index is 0.248. The van der Waals surface area contributed by atoms with Gasteiger partial charge >= 0.3 is 0 Å². The Hall–Kier alpha value is -1.75. The minimum Gasteiger partial charge on any atom is -0.369 e. The second-order valence-electron chi connectivity index (χ2n) is 3.20. The first-order chi connectivity index (χ1) is 6.74. The molecular weight excluding hydrogens is 174 g/mol. The molecule has 1 atom stereocenters. The van der Waals surface area contributed by atoms with E-state index in [0.717, 1.165) is 5.56 Å². The molecule has 0 heterocycles. The Labute approximate surface area is 84.1 Å². The van der Waals surface area contributed by atoms with E-state index in [4.69, 9.17) is 12.2 Å². The van der Waals surface area contributed by atoms with Crippen LogP contribution < -0.4 is 5.73 Å². The third kappa shape index (κ3) is 2.95. The summed E-state index contributed by atoms with van der Waals surface area (Å²) in [6.07, 6.45) is 6.20. The molecule has 1 aromatic carbocycles. The van der Waals surface area contributed by atoms with Crippen molar-refractivity contribution in [3.05, 3.63) is 35.9 Å². The van der Waals surface area contributed by atoms with Crippen LogP contribution in [0.3, 0.4) is 0 Å². The van der Waals surface area contributed by atoms with Gasteiger partial charge in [0.25, 0.3) is 0 Å². The molecule has 0 fully saturated rings. The minimum atomic E-state index is -0.327. The number of carbonyl (C=O) groups is 1. The van der Waals surface area contributed by atoms with Gasteiger partial charge in [0.1, 0.15) is 0 Å². The molecule has 1 unspecified atom stereocenters. The number of terminal acetylenes is 1. The monoisotopic (exact) mass is 187 g/mol. The van der Waals surface area contributed by atoms with E-state index in [1.54, 1.807) is 0 Å². The summed E-state index contributed by atoms with van der Waals surface area (Å²) in [5.74, 6) is 1.89. The van der Waals surface area contributed by atoms with E-state index in [9.17, 15) is 4.79 Å². The first-order valence-electron chi connectivity index (χ1n) is 4.50. The van der Waals surface area contributed by atoms with Gasteiger partial charge < -0.3 is 5.73 Å². The number of hydrogen-bond donors (Lipinski definition) is 1. The van der Waals surface area contributed by atoms with Crippen molar-refractivity contribution in [3.8, 4) is 12.3 Å². The molecule has 0 saturated heterocycles. The highest BCUT2D eigenvalue weighted by Crippen LogP contribution is 2.11. The number of nitrogens with two attached hydrogens (primary N) is 1. The Morgan fingerprint density at radius 2 is 2.07 bits per heavy atom. The lowest BCUT2D eigenvalue weighted by atomic mass is 9.96. The van der Waals surface area contributed by atoms with Gasteiger partial charge in [-0.2, -0.15) is 0 Å². The first kappa shape index (κ1) is 10.3. The highest BCUT2D eigenvalue weighted by Gasteiger charge is 2.14. The molecular formula is C12H13NO. The number of benzene rings is 1. The van der Waals surface area contributed by atoms with Crippen molar-refractivity contribution in [1.82, 2.24) is 0 Å². The Bertz CT molecular complexity index is 337. The van der Waals surface area contributed by atoms with Crippen molar-refractivity contribution in [2.24, 2.45) is 11.7 Å². The summed E-state index contributed by atoms with van der Waals surface area (Å²) < 4.78 is 0. The van der Waals surface area contributed by atoms with Crippen molar-refractivity contribution in [1.29, 1.82) is 0 Å². The lowest BCUT2D eigenvalue weighted by Gasteiger charge is -2.09. The number of rotatable bonds is 4. The van der Waals surface area contributed by atoms with Crippen molar-refractivity contribution in [2.45, 2.75) is 12.8 Å². The summed E-state index contributed by atoms with van der Waals surface area (Å²) >= 11 is 0. The second-order valence-corrected chi connectivity index (χ2v) is 3.20. The van der Waals surface area contributed by atoms with E-state index in [1.807, 2.05) is 30.3 Å². The summed E-state index contributed by atoms with van der Waals surface area (Å²) in [5.41, 5.74) is 6.33. The van der Waals surface area contributed by atoms with Crippen LogP contribution in [0.4, 0.5) is 0 Å². The Morgan fingerprint density at radius 1 is 1.43 bits per heavy atom. The first-order valence-corrected chi connectivity index (χ1v) is 4.50. The van der Waals surface area contributed by atoms with Crippen LogP contribution in [0.15, 0.2) is 30.3 Å². The third-order valence-electron chi connectivity index (χ3n) is 2.09. The van der Waals surface area contributed by atoms with Crippen LogP contribution in [-0.4, -0.2) is 5.91 Å². The average Bonchev–Trinajstić information content (AvgIpc) is 2.18. The second kappa shape index (κ2) is 5.08. The lowest BCUT2D eigenvalue weighted by molar-refractivity contribution is -0.121. The molecule has 1 aromatic rings. The molecule has 2 N–H and O–H groups in total. The van der Waals surface area contributed by atoms with Crippen LogP contribution in [0.25, 0.3) is 0 Å². The Balaban J connectivity index is 2.66. The van der Waals surface area contributed by atoms with E-state index in [-0.39, 0.29) is 11.8 Å². The van der Waals surface area contributed by atoms with Crippen molar-refractivity contribution in [2.75, 3.05) is 0 Å². The van der Waals surface area contributed by atoms with Gasteiger partial charge in [-0.3, -0.25) is 4.79 Å². The third-order valence-corrected chi connectivity index (χ3v) is 2.09. The van der Waals surface area contributed by atoms with Gasteiger partial charge in [-0.05, 0) is 12.0 Å². The molecule has 2 nitrogen and oxygen atoms in total. The molecule has 0 radical (unpaired) electrons. The summed E-state index contributed by atoms with van der Waals surface area (Å²) in [6.45, 7) is 0. The number of amides is 1. The number of carbonyl (C=O) groups excluding carboxylic acids is 1. The standard InChI is InChI=1S/C12H13NO/c1-2-6-11(12(13)14)9-10-7-4-3-5-8-10/h1,3-5,7-8,11H,6,9H2,(H2,13,14). The Kier molecular flexibility index (Phi) is 3.75. The quantitative estimate of drug-likeness (QED) is 0.710. The van der Waals surface area contributed by atoms with E-state index >= 15 is 0 Å². The topological polar surface area (TPSA) is 43.1 Å². The molecule has 0 aliphatic rings.